The van der Waals surface area contributed by atoms with Gasteiger partial charge in [0.15, 0.2) is 0 Å². The number of carbonyl (C=O) groups is 2. The van der Waals surface area contributed by atoms with Gasteiger partial charge >= 0.3 is 5.97 Å². The molecule has 2 rings (SSSR count). The van der Waals surface area contributed by atoms with Crippen molar-refractivity contribution in [3.63, 3.8) is 0 Å². The van der Waals surface area contributed by atoms with Crippen LogP contribution >= 0.6 is 23.2 Å². The third-order valence-electron chi connectivity index (χ3n) is 3.45. The third kappa shape index (κ3) is 4.33. The van der Waals surface area contributed by atoms with Crippen LogP contribution in [0.5, 0.6) is 0 Å². The van der Waals surface area contributed by atoms with Crippen LogP contribution in [-0.2, 0) is 9.59 Å². The van der Waals surface area contributed by atoms with Crippen molar-refractivity contribution in [1.29, 1.82) is 0 Å². The van der Waals surface area contributed by atoms with E-state index in [1.54, 1.807) is 23.1 Å². The van der Waals surface area contributed by atoms with Crippen LogP contribution < -0.4 is 5.32 Å². The van der Waals surface area contributed by atoms with Crippen molar-refractivity contribution in [2.24, 2.45) is 0 Å². The lowest BCUT2D eigenvalue weighted by Gasteiger charge is -2.32. The predicted molar refractivity (Wildman–Crippen MR) is 81.9 cm³/mol. The van der Waals surface area contributed by atoms with Crippen LogP contribution in [0.2, 0.25) is 10.0 Å². The maximum atomic E-state index is 12.1. The van der Waals surface area contributed by atoms with E-state index in [0.717, 1.165) is 12.8 Å². The molecule has 0 saturated carbocycles. The normalized spacial score (nSPS) is 19.2. The molecule has 0 aromatic heterocycles. The molecule has 7 heteroatoms. The summed E-state index contributed by atoms with van der Waals surface area (Å²) >= 11 is 11.8. The van der Waals surface area contributed by atoms with E-state index in [2.05, 4.69) is 5.32 Å². The Morgan fingerprint density at radius 1 is 1.33 bits per heavy atom. The number of carbonyl (C=O) groups excluding carboxylic acids is 1. The molecule has 5 nitrogen and oxygen atoms in total. The summed E-state index contributed by atoms with van der Waals surface area (Å²) < 4.78 is 0. The number of piperidine rings is 1. The summed E-state index contributed by atoms with van der Waals surface area (Å²) in [5, 5.41) is 12.7. The average molecular weight is 331 g/mol. The first-order valence-corrected chi connectivity index (χ1v) is 7.44. The Bertz CT molecular complexity index is 551. The van der Waals surface area contributed by atoms with Crippen LogP contribution in [0.15, 0.2) is 18.2 Å². The molecule has 2 N–H and O–H groups in total. The molecule has 0 aliphatic carbocycles. The highest BCUT2D eigenvalue weighted by atomic mass is 35.5. The number of halogens is 2. The van der Waals surface area contributed by atoms with Crippen LogP contribution in [0.25, 0.3) is 0 Å². The lowest BCUT2D eigenvalue weighted by Crippen LogP contribution is -2.47. The van der Waals surface area contributed by atoms with Crippen LogP contribution in [-0.4, -0.2) is 41.0 Å². The topological polar surface area (TPSA) is 69.6 Å². The van der Waals surface area contributed by atoms with Crippen molar-refractivity contribution in [3.05, 3.63) is 28.2 Å². The molecule has 1 aliphatic rings. The average Bonchev–Trinajstić information content (AvgIpc) is 2.43. The maximum absolute atomic E-state index is 12.1. The van der Waals surface area contributed by atoms with Gasteiger partial charge in [-0.1, -0.05) is 29.6 Å². The maximum Gasteiger partial charge on any atom is 0.320 e. The van der Waals surface area contributed by atoms with Crippen molar-refractivity contribution in [3.8, 4) is 0 Å². The Morgan fingerprint density at radius 3 is 2.81 bits per heavy atom. The van der Waals surface area contributed by atoms with Gasteiger partial charge in [-0.3, -0.25) is 14.5 Å². The quantitative estimate of drug-likeness (QED) is 0.890. The first-order valence-electron chi connectivity index (χ1n) is 6.69. The molecule has 1 aromatic carbocycles. The zero-order valence-corrected chi connectivity index (χ0v) is 12.8. The Hall–Kier alpha value is -1.30. The standard InChI is InChI=1S/C14H16Cl2N2O3/c15-9-4-5-10(16)11(7-9)17-13(19)8-18-6-2-1-3-12(18)14(20)21/h4-5,7,12H,1-3,6,8H2,(H,17,19)(H,20,21). The van der Waals surface area contributed by atoms with Gasteiger partial charge in [-0.2, -0.15) is 0 Å². The van der Waals surface area contributed by atoms with Crippen molar-refractivity contribution >= 4 is 40.8 Å². The fraction of sp³-hybridized carbons (Fsp3) is 0.429. The highest BCUT2D eigenvalue weighted by molar-refractivity contribution is 6.35. The smallest absolute Gasteiger partial charge is 0.320 e. The fourth-order valence-electron chi connectivity index (χ4n) is 2.43. The number of nitrogens with zero attached hydrogens (tertiary/aromatic N) is 1. The van der Waals surface area contributed by atoms with Crippen molar-refractivity contribution in [1.82, 2.24) is 4.90 Å². The second kappa shape index (κ2) is 7.11. The van der Waals surface area contributed by atoms with Gasteiger partial charge in [0.2, 0.25) is 5.91 Å². The largest absolute Gasteiger partial charge is 0.480 e. The highest BCUT2D eigenvalue weighted by Crippen LogP contribution is 2.25. The van der Waals surface area contributed by atoms with Crippen LogP contribution in [0.1, 0.15) is 19.3 Å². The molecule has 114 valence electrons. The molecule has 1 fully saturated rings. The summed E-state index contributed by atoms with van der Waals surface area (Å²) in [5.41, 5.74) is 0.429. The number of hydrogen-bond donors (Lipinski definition) is 2. The lowest BCUT2D eigenvalue weighted by atomic mass is 10.0. The minimum Gasteiger partial charge on any atom is -0.480 e. The van der Waals surface area contributed by atoms with Gasteiger partial charge in [0.25, 0.3) is 0 Å². The molecule has 1 unspecified atom stereocenters. The van der Waals surface area contributed by atoms with Crippen LogP contribution in [0.3, 0.4) is 0 Å². The monoisotopic (exact) mass is 330 g/mol. The summed E-state index contributed by atoms with van der Waals surface area (Å²) in [6, 6.07) is 4.19. The second-order valence-electron chi connectivity index (χ2n) is 4.99. The van der Waals surface area contributed by atoms with Gasteiger partial charge in [-0.15, -0.1) is 0 Å². The fourth-order valence-corrected chi connectivity index (χ4v) is 2.76. The molecule has 0 radical (unpaired) electrons. The van der Waals surface area contributed by atoms with Gasteiger partial charge in [-0.05, 0) is 37.6 Å². The van der Waals surface area contributed by atoms with E-state index < -0.39 is 12.0 Å². The zero-order valence-electron chi connectivity index (χ0n) is 11.3. The summed E-state index contributed by atoms with van der Waals surface area (Å²) in [6.45, 7) is 0.632. The summed E-state index contributed by atoms with van der Waals surface area (Å²) in [7, 11) is 0. The first-order chi connectivity index (χ1) is 9.97. The Kier molecular flexibility index (Phi) is 5.45. The van der Waals surface area contributed by atoms with E-state index in [1.165, 1.54) is 0 Å². The Morgan fingerprint density at radius 2 is 2.10 bits per heavy atom. The number of nitrogens with one attached hydrogen (secondary N) is 1. The summed E-state index contributed by atoms with van der Waals surface area (Å²) in [6.07, 6.45) is 2.34. The molecule has 1 heterocycles. The highest BCUT2D eigenvalue weighted by Gasteiger charge is 2.29. The molecule has 1 amide bonds. The SMILES string of the molecule is O=C(CN1CCCCC1C(=O)O)Nc1cc(Cl)ccc1Cl. The molecule has 0 bridgehead atoms. The van der Waals surface area contributed by atoms with Crippen molar-refractivity contribution in [2.75, 3.05) is 18.4 Å². The number of aliphatic carboxylic acids is 1. The number of rotatable bonds is 4. The van der Waals surface area contributed by atoms with E-state index in [0.29, 0.717) is 28.7 Å². The van der Waals surface area contributed by atoms with Crippen molar-refractivity contribution in [2.45, 2.75) is 25.3 Å². The molecule has 21 heavy (non-hydrogen) atoms. The molecule has 1 aliphatic heterocycles. The van der Waals surface area contributed by atoms with Gasteiger partial charge in [0, 0.05) is 5.02 Å². The summed E-state index contributed by atoms with van der Waals surface area (Å²) in [5.74, 6) is -1.18. The molecule has 1 atom stereocenters. The Labute approximate surface area is 132 Å². The number of hydrogen-bond acceptors (Lipinski definition) is 3. The minimum absolute atomic E-state index is 0.0276. The van der Waals surface area contributed by atoms with E-state index in [-0.39, 0.29) is 12.5 Å². The van der Waals surface area contributed by atoms with E-state index in [4.69, 9.17) is 23.2 Å². The lowest BCUT2D eigenvalue weighted by molar-refractivity contribution is -0.145. The Balaban J connectivity index is 2.00. The van der Waals surface area contributed by atoms with Crippen LogP contribution in [0.4, 0.5) is 5.69 Å². The molecule has 1 aromatic rings. The van der Waals surface area contributed by atoms with Gasteiger partial charge in [0.1, 0.15) is 6.04 Å². The third-order valence-corrected chi connectivity index (χ3v) is 4.01. The number of benzene rings is 1. The number of likely N-dealkylation sites (tertiary alicyclic amines) is 1. The number of carboxylic acid groups (broad SMARTS) is 1. The number of carboxylic acids is 1. The second-order valence-corrected chi connectivity index (χ2v) is 5.84. The molecular weight excluding hydrogens is 315 g/mol. The van der Waals surface area contributed by atoms with Gasteiger partial charge in [-0.25, -0.2) is 0 Å². The summed E-state index contributed by atoms with van der Waals surface area (Å²) in [4.78, 5) is 24.9. The zero-order chi connectivity index (χ0) is 15.4. The van der Waals surface area contributed by atoms with E-state index in [9.17, 15) is 14.7 Å². The molecule has 0 spiro atoms. The number of amides is 1. The van der Waals surface area contributed by atoms with E-state index in [1.807, 2.05) is 0 Å². The van der Waals surface area contributed by atoms with Gasteiger partial charge in [0.05, 0.1) is 17.3 Å². The minimum atomic E-state index is -0.886. The number of anilines is 1. The van der Waals surface area contributed by atoms with Crippen molar-refractivity contribution < 1.29 is 14.7 Å². The molecule has 1 saturated heterocycles. The van der Waals surface area contributed by atoms with Crippen LogP contribution in [0, 0.1) is 0 Å². The predicted octanol–water partition coefficient (Wildman–Crippen LogP) is 2.87. The van der Waals surface area contributed by atoms with E-state index >= 15 is 0 Å². The molecular formula is C14H16Cl2N2O3. The first kappa shape index (κ1) is 16.1. The van der Waals surface area contributed by atoms with Gasteiger partial charge < -0.3 is 10.4 Å².